The topological polar surface area (TPSA) is 42.0 Å². The van der Waals surface area contributed by atoms with Crippen LogP contribution in [0.3, 0.4) is 0 Å². The van der Waals surface area contributed by atoms with Crippen LogP contribution in [0.15, 0.2) is 24.4 Å². The molecule has 0 aliphatic carbocycles. The molecule has 1 aromatic rings. The maximum absolute atomic E-state index is 11.3. The van der Waals surface area contributed by atoms with E-state index in [1.165, 1.54) is 0 Å². The Labute approximate surface area is 82.1 Å². The molecule has 0 spiro atoms. The van der Waals surface area contributed by atoms with Crippen LogP contribution in [-0.4, -0.2) is 22.8 Å². The fraction of sp³-hybridized carbons (Fsp3) is 0.333. The quantitative estimate of drug-likeness (QED) is 0.747. The Hall–Kier alpha value is -1.09. The van der Waals surface area contributed by atoms with Crippen molar-refractivity contribution in [2.75, 3.05) is 6.54 Å². The van der Waals surface area contributed by atoms with Crippen LogP contribution in [0.25, 0.3) is 0 Å². The Balaban J connectivity index is 2.50. The van der Waals surface area contributed by atoms with Gasteiger partial charge in [0.05, 0.1) is 0 Å². The molecule has 0 aliphatic heterocycles. The van der Waals surface area contributed by atoms with Crippen molar-refractivity contribution in [1.29, 1.82) is 0 Å². The van der Waals surface area contributed by atoms with Crippen molar-refractivity contribution in [2.24, 2.45) is 0 Å². The molecule has 1 unspecified atom stereocenters. The fourth-order valence-corrected chi connectivity index (χ4v) is 0.898. The van der Waals surface area contributed by atoms with Crippen molar-refractivity contribution in [1.82, 2.24) is 10.3 Å². The second kappa shape index (κ2) is 4.82. The highest BCUT2D eigenvalue weighted by Gasteiger charge is 2.05. The van der Waals surface area contributed by atoms with Crippen molar-refractivity contribution in [2.45, 2.75) is 12.3 Å². The van der Waals surface area contributed by atoms with Crippen LogP contribution in [0, 0.1) is 0 Å². The smallest absolute Gasteiger partial charge is 0.269 e. The summed E-state index contributed by atoms with van der Waals surface area (Å²) in [7, 11) is 0. The Morgan fingerprint density at radius 3 is 3.00 bits per heavy atom. The first kappa shape index (κ1) is 9.99. The van der Waals surface area contributed by atoms with Gasteiger partial charge in [0.1, 0.15) is 5.69 Å². The van der Waals surface area contributed by atoms with E-state index in [0.29, 0.717) is 12.2 Å². The summed E-state index contributed by atoms with van der Waals surface area (Å²) in [5, 5.41) is 2.60. The molecule has 1 rings (SSSR count). The minimum absolute atomic E-state index is 0.0623. The van der Waals surface area contributed by atoms with E-state index < -0.39 is 0 Å². The monoisotopic (exact) mass is 198 g/mol. The first-order chi connectivity index (χ1) is 6.20. The van der Waals surface area contributed by atoms with Gasteiger partial charge in [0.15, 0.2) is 0 Å². The van der Waals surface area contributed by atoms with Gasteiger partial charge in [-0.05, 0) is 19.1 Å². The van der Waals surface area contributed by atoms with Gasteiger partial charge in [0.25, 0.3) is 5.91 Å². The molecule has 4 heteroatoms. The Morgan fingerprint density at radius 2 is 2.46 bits per heavy atom. The fourth-order valence-electron chi connectivity index (χ4n) is 0.821. The molecule has 0 aliphatic rings. The molecule has 0 aromatic carbocycles. The average Bonchev–Trinajstić information content (AvgIpc) is 2.15. The van der Waals surface area contributed by atoms with Crippen LogP contribution in [0.2, 0.25) is 0 Å². The molecule has 0 saturated carbocycles. The van der Waals surface area contributed by atoms with E-state index in [1.807, 2.05) is 6.92 Å². The number of halogens is 1. The number of carbonyl (C=O) groups is 1. The van der Waals surface area contributed by atoms with Crippen LogP contribution in [0.4, 0.5) is 0 Å². The SMILES string of the molecule is CC(Cl)CNC(=O)c1ccccn1. The zero-order valence-corrected chi connectivity index (χ0v) is 8.08. The van der Waals surface area contributed by atoms with Gasteiger partial charge in [0.2, 0.25) is 0 Å². The van der Waals surface area contributed by atoms with E-state index >= 15 is 0 Å². The number of nitrogens with one attached hydrogen (secondary N) is 1. The second-order valence-electron chi connectivity index (χ2n) is 2.71. The van der Waals surface area contributed by atoms with E-state index in [1.54, 1.807) is 24.4 Å². The summed E-state index contributed by atoms with van der Waals surface area (Å²) < 4.78 is 0. The summed E-state index contributed by atoms with van der Waals surface area (Å²) in [5.41, 5.74) is 0.416. The zero-order chi connectivity index (χ0) is 9.68. The number of carbonyl (C=O) groups excluding carboxylic acids is 1. The van der Waals surface area contributed by atoms with E-state index in [4.69, 9.17) is 11.6 Å². The third-order valence-corrected chi connectivity index (χ3v) is 1.60. The molecule has 3 nitrogen and oxygen atoms in total. The number of hydrogen-bond acceptors (Lipinski definition) is 2. The van der Waals surface area contributed by atoms with Crippen molar-refractivity contribution < 1.29 is 4.79 Å². The number of nitrogens with zero attached hydrogens (tertiary/aromatic N) is 1. The van der Waals surface area contributed by atoms with Gasteiger partial charge in [-0.1, -0.05) is 6.07 Å². The van der Waals surface area contributed by atoms with E-state index in [2.05, 4.69) is 10.3 Å². The molecule has 0 saturated heterocycles. The minimum Gasteiger partial charge on any atom is -0.349 e. The predicted molar refractivity (Wildman–Crippen MR) is 51.9 cm³/mol. The molecular formula is C9H11ClN2O. The van der Waals surface area contributed by atoms with Crippen LogP contribution in [-0.2, 0) is 0 Å². The highest BCUT2D eigenvalue weighted by atomic mass is 35.5. The van der Waals surface area contributed by atoms with Gasteiger partial charge < -0.3 is 5.32 Å². The average molecular weight is 199 g/mol. The van der Waals surface area contributed by atoms with Crippen LogP contribution in [0.1, 0.15) is 17.4 Å². The molecular weight excluding hydrogens is 188 g/mol. The molecule has 70 valence electrons. The molecule has 13 heavy (non-hydrogen) atoms. The molecule has 0 radical (unpaired) electrons. The molecule has 0 fully saturated rings. The van der Waals surface area contributed by atoms with E-state index in [-0.39, 0.29) is 11.3 Å². The molecule has 1 heterocycles. The van der Waals surface area contributed by atoms with Crippen molar-refractivity contribution in [3.05, 3.63) is 30.1 Å². The van der Waals surface area contributed by atoms with Crippen LogP contribution < -0.4 is 5.32 Å². The van der Waals surface area contributed by atoms with Gasteiger partial charge in [-0.25, -0.2) is 0 Å². The number of rotatable bonds is 3. The van der Waals surface area contributed by atoms with Gasteiger partial charge in [-0.2, -0.15) is 0 Å². The van der Waals surface area contributed by atoms with Crippen LogP contribution >= 0.6 is 11.6 Å². The van der Waals surface area contributed by atoms with E-state index in [9.17, 15) is 4.79 Å². The van der Waals surface area contributed by atoms with Gasteiger partial charge in [-0.15, -0.1) is 11.6 Å². The Morgan fingerprint density at radius 1 is 1.69 bits per heavy atom. The lowest BCUT2D eigenvalue weighted by molar-refractivity contribution is 0.0949. The molecule has 0 bridgehead atoms. The minimum atomic E-state index is -0.187. The van der Waals surface area contributed by atoms with Crippen molar-refractivity contribution in [3.8, 4) is 0 Å². The zero-order valence-electron chi connectivity index (χ0n) is 7.33. The second-order valence-corrected chi connectivity index (χ2v) is 3.45. The lowest BCUT2D eigenvalue weighted by Gasteiger charge is -2.04. The Bertz CT molecular complexity index is 274. The Kier molecular flexibility index (Phi) is 3.71. The molecule has 1 aromatic heterocycles. The summed E-state index contributed by atoms with van der Waals surface area (Å²) in [5.74, 6) is -0.187. The maximum atomic E-state index is 11.3. The van der Waals surface area contributed by atoms with Crippen LogP contribution in [0.5, 0.6) is 0 Å². The molecule has 1 amide bonds. The molecule has 1 N–H and O–H groups in total. The number of pyridine rings is 1. The third kappa shape index (κ3) is 3.42. The lowest BCUT2D eigenvalue weighted by atomic mass is 10.3. The van der Waals surface area contributed by atoms with Crippen molar-refractivity contribution in [3.63, 3.8) is 0 Å². The normalized spacial score (nSPS) is 12.2. The van der Waals surface area contributed by atoms with E-state index in [0.717, 1.165) is 0 Å². The predicted octanol–water partition coefficient (Wildman–Crippen LogP) is 1.44. The summed E-state index contributed by atoms with van der Waals surface area (Å²) in [6.45, 7) is 2.28. The number of aromatic nitrogens is 1. The third-order valence-electron chi connectivity index (χ3n) is 1.44. The number of amides is 1. The summed E-state index contributed by atoms with van der Waals surface area (Å²) in [4.78, 5) is 15.2. The van der Waals surface area contributed by atoms with Crippen molar-refractivity contribution >= 4 is 17.5 Å². The standard InChI is InChI=1S/C9H11ClN2O/c1-7(10)6-12-9(13)8-4-2-3-5-11-8/h2-5,7H,6H2,1H3,(H,12,13). The first-order valence-corrected chi connectivity index (χ1v) is 4.47. The lowest BCUT2D eigenvalue weighted by Crippen LogP contribution is -2.29. The molecule has 1 atom stereocenters. The first-order valence-electron chi connectivity index (χ1n) is 4.03. The number of hydrogen-bond donors (Lipinski definition) is 1. The maximum Gasteiger partial charge on any atom is 0.269 e. The van der Waals surface area contributed by atoms with Gasteiger partial charge in [0, 0.05) is 18.1 Å². The van der Waals surface area contributed by atoms with Gasteiger partial charge >= 0.3 is 0 Å². The number of alkyl halides is 1. The largest absolute Gasteiger partial charge is 0.349 e. The highest BCUT2D eigenvalue weighted by Crippen LogP contribution is 1.94. The summed E-state index contributed by atoms with van der Waals surface area (Å²) in [6, 6.07) is 5.20. The van der Waals surface area contributed by atoms with Gasteiger partial charge in [-0.3, -0.25) is 9.78 Å². The summed E-state index contributed by atoms with van der Waals surface area (Å²) in [6.07, 6.45) is 1.58. The summed E-state index contributed by atoms with van der Waals surface area (Å²) >= 11 is 5.67. The highest BCUT2D eigenvalue weighted by molar-refractivity contribution is 6.20.